The number of aromatic nitrogens is 1. The minimum Gasteiger partial charge on any atom is -0.462 e. The van der Waals surface area contributed by atoms with E-state index in [0.717, 1.165) is 25.2 Å². The molecule has 3 aliphatic heterocycles. The van der Waals surface area contributed by atoms with Crippen LogP contribution >= 0.6 is 0 Å². The van der Waals surface area contributed by atoms with Crippen LogP contribution in [0.2, 0.25) is 0 Å². The number of nitrogens with zero attached hydrogens (tertiary/aromatic N) is 2. The van der Waals surface area contributed by atoms with Gasteiger partial charge in [-0.3, -0.25) is 19.2 Å². The van der Waals surface area contributed by atoms with E-state index in [-0.39, 0.29) is 29.3 Å². The maximum absolute atomic E-state index is 13.4. The van der Waals surface area contributed by atoms with Gasteiger partial charge in [0, 0.05) is 81.4 Å². The van der Waals surface area contributed by atoms with Crippen molar-refractivity contribution in [2.45, 2.75) is 83.8 Å². The molecule has 11 atom stereocenters. The van der Waals surface area contributed by atoms with Crippen LogP contribution < -0.4 is 5.56 Å². The number of likely N-dealkylation sites (tertiary alicyclic amines) is 1. The SMILES string of the molecule is CC(=O)O[C@H]1C[C@H](OC(C)=O)[C@]2(C)C1[C@H](C)C[C@@H]1OC(=O)C(CN3CC4C[C@H](C3)Cn3c4cccc3=O)[C@H]1[C@@H]2O. The van der Waals surface area contributed by atoms with E-state index in [9.17, 15) is 24.3 Å². The Hall–Kier alpha value is -2.72. The van der Waals surface area contributed by atoms with Crippen molar-refractivity contribution in [2.24, 2.45) is 35.0 Å². The number of aliphatic hydroxyl groups is 1. The molecule has 40 heavy (non-hydrogen) atoms. The molecule has 0 aromatic carbocycles. The molecule has 1 N–H and O–H groups in total. The summed E-state index contributed by atoms with van der Waals surface area (Å²) < 4.78 is 19.3. The van der Waals surface area contributed by atoms with Crippen LogP contribution in [-0.4, -0.2) is 76.5 Å². The molecule has 218 valence electrons. The summed E-state index contributed by atoms with van der Waals surface area (Å²) in [6.07, 6.45) is -0.765. The number of hydrogen-bond acceptors (Lipinski definition) is 9. The summed E-state index contributed by atoms with van der Waals surface area (Å²) in [5.41, 5.74) is 0.160. The van der Waals surface area contributed by atoms with Crippen LogP contribution in [0.5, 0.6) is 0 Å². The third kappa shape index (κ3) is 4.38. The molecule has 10 nitrogen and oxygen atoms in total. The van der Waals surface area contributed by atoms with Gasteiger partial charge in [0.05, 0.1) is 12.0 Å². The predicted molar refractivity (Wildman–Crippen MR) is 142 cm³/mol. The molecule has 4 heterocycles. The van der Waals surface area contributed by atoms with Crippen molar-refractivity contribution in [1.82, 2.24) is 9.47 Å². The molecular weight excluding hydrogens is 516 g/mol. The predicted octanol–water partition coefficient (Wildman–Crippen LogP) is 1.72. The second kappa shape index (κ2) is 9.98. The first-order chi connectivity index (χ1) is 19.0. The fourth-order valence-electron chi connectivity index (χ4n) is 9.21. The molecule has 3 unspecified atom stereocenters. The lowest BCUT2D eigenvalue weighted by molar-refractivity contribution is -0.165. The maximum Gasteiger partial charge on any atom is 0.311 e. The van der Waals surface area contributed by atoms with Gasteiger partial charge in [0.25, 0.3) is 5.56 Å². The summed E-state index contributed by atoms with van der Waals surface area (Å²) in [7, 11) is 0. The van der Waals surface area contributed by atoms with Crippen molar-refractivity contribution in [3.8, 4) is 0 Å². The summed E-state index contributed by atoms with van der Waals surface area (Å²) in [4.78, 5) is 52.2. The van der Waals surface area contributed by atoms with E-state index in [1.54, 1.807) is 6.07 Å². The smallest absolute Gasteiger partial charge is 0.311 e. The fourth-order valence-corrected chi connectivity index (χ4v) is 9.21. The van der Waals surface area contributed by atoms with E-state index < -0.39 is 53.6 Å². The van der Waals surface area contributed by atoms with Gasteiger partial charge in [-0.1, -0.05) is 19.9 Å². The highest BCUT2D eigenvalue weighted by atomic mass is 16.6. The zero-order chi connectivity index (χ0) is 28.5. The fraction of sp³-hybridized carbons (Fsp3) is 0.733. The van der Waals surface area contributed by atoms with Crippen LogP contribution in [0.1, 0.15) is 58.6 Å². The summed E-state index contributed by atoms with van der Waals surface area (Å²) >= 11 is 0. The first-order valence-corrected chi connectivity index (χ1v) is 14.6. The molecule has 1 aromatic rings. The van der Waals surface area contributed by atoms with Crippen LogP contribution in [0, 0.1) is 35.0 Å². The Morgan fingerprint density at radius 2 is 1.82 bits per heavy atom. The van der Waals surface area contributed by atoms with Gasteiger partial charge in [-0.05, 0) is 30.7 Å². The lowest BCUT2D eigenvalue weighted by Gasteiger charge is -2.45. The first kappa shape index (κ1) is 27.4. The van der Waals surface area contributed by atoms with Gasteiger partial charge in [0.1, 0.15) is 18.3 Å². The molecule has 0 amide bonds. The van der Waals surface area contributed by atoms with Gasteiger partial charge in [-0.2, -0.15) is 0 Å². The topological polar surface area (TPSA) is 124 Å². The number of esters is 3. The highest BCUT2D eigenvalue weighted by Crippen LogP contribution is 2.59. The molecule has 1 aromatic heterocycles. The number of ether oxygens (including phenoxy) is 3. The number of carbonyl (C=O) groups excluding carboxylic acids is 3. The zero-order valence-electron chi connectivity index (χ0n) is 23.7. The van der Waals surface area contributed by atoms with Gasteiger partial charge in [-0.25, -0.2) is 0 Å². The van der Waals surface area contributed by atoms with Crippen LogP contribution in [0.4, 0.5) is 0 Å². The average molecular weight is 557 g/mol. The molecule has 5 aliphatic rings. The Morgan fingerprint density at radius 3 is 2.55 bits per heavy atom. The molecule has 2 aliphatic carbocycles. The van der Waals surface area contributed by atoms with Crippen molar-refractivity contribution < 1.29 is 33.7 Å². The second-order valence-corrected chi connectivity index (χ2v) is 13.1. The molecular formula is C30H40N2O8. The lowest BCUT2D eigenvalue weighted by Crippen LogP contribution is -2.53. The number of pyridine rings is 1. The van der Waals surface area contributed by atoms with E-state index in [4.69, 9.17) is 14.2 Å². The standard InChI is InChI=1S/C30H40N2O8/c1-15-8-22-26(28(36)30(4)24(39-17(3)34)10-23(27(15)30)38-16(2)33)20(29(37)40-22)14-31-11-18-9-19(13-31)21-6-5-7-25(35)32(21)12-18/h5-7,15,18-20,22-24,26-28,36H,8-14H2,1-4H3/t15-,18-,19?,20?,22+,23+,24+,26-,27?,28+,30-/m1/s1. The van der Waals surface area contributed by atoms with E-state index in [1.165, 1.54) is 13.8 Å². The van der Waals surface area contributed by atoms with Crippen LogP contribution in [0.15, 0.2) is 23.0 Å². The largest absolute Gasteiger partial charge is 0.462 e. The molecule has 0 spiro atoms. The Labute approximate surface area is 233 Å². The summed E-state index contributed by atoms with van der Waals surface area (Å²) in [6, 6.07) is 5.45. The monoisotopic (exact) mass is 556 g/mol. The quantitative estimate of drug-likeness (QED) is 0.436. The molecule has 2 saturated carbocycles. The van der Waals surface area contributed by atoms with Gasteiger partial charge < -0.3 is 28.8 Å². The highest BCUT2D eigenvalue weighted by Gasteiger charge is 2.67. The second-order valence-electron chi connectivity index (χ2n) is 13.1. The normalized spacial score (nSPS) is 42.2. The molecule has 4 fully saturated rings. The summed E-state index contributed by atoms with van der Waals surface area (Å²) in [6.45, 7) is 9.30. The van der Waals surface area contributed by atoms with Gasteiger partial charge in [-0.15, -0.1) is 0 Å². The van der Waals surface area contributed by atoms with Gasteiger partial charge in [0.2, 0.25) is 0 Å². The van der Waals surface area contributed by atoms with Crippen LogP contribution in [0.25, 0.3) is 0 Å². The van der Waals surface area contributed by atoms with E-state index in [2.05, 4.69) is 4.90 Å². The van der Waals surface area contributed by atoms with Crippen molar-refractivity contribution >= 4 is 17.9 Å². The lowest BCUT2D eigenvalue weighted by atomic mass is 9.66. The van der Waals surface area contributed by atoms with Crippen LogP contribution in [-0.2, 0) is 35.1 Å². The molecule has 6 rings (SSSR count). The molecule has 2 bridgehead atoms. The van der Waals surface area contributed by atoms with Crippen molar-refractivity contribution in [3.05, 3.63) is 34.2 Å². The number of aliphatic hydroxyl groups excluding tert-OH is 1. The number of carbonyl (C=O) groups is 3. The number of piperidine rings is 1. The zero-order valence-corrected chi connectivity index (χ0v) is 23.7. The Morgan fingerprint density at radius 1 is 1.07 bits per heavy atom. The van der Waals surface area contributed by atoms with Crippen molar-refractivity contribution in [3.63, 3.8) is 0 Å². The maximum atomic E-state index is 13.4. The van der Waals surface area contributed by atoms with Gasteiger partial charge >= 0.3 is 17.9 Å². The summed E-state index contributed by atoms with van der Waals surface area (Å²) in [5.74, 6) is -1.96. The Balaban J connectivity index is 1.29. The Kier molecular flexibility index (Phi) is 6.85. The number of fused-ring (bicyclic) bond motifs is 6. The molecule has 10 heteroatoms. The Bertz CT molecular complexity index is 1260. The minimum atomic E-state index is -1.00. The summed E-state index contributed by atoms with van der Waals surface area (Å²) in [5, 5.41) is 12.2. The molecule has 0 radical (unpaired) electrons. The molecule has 2 saturated heterocycles. The number of hydrogen-bond donors (Lipinski definition) is 1. The first-order valence-electron chi connectivity index (χ1n) is 14.6. The van der Waals surface area contributed by atoms with E-state index in [1.807, 2.05) is 30.5 Å². The van der Waals surface area contributed by atoms with Gasteiger partial charge in [0.15, 0.2) is 0 Å². The number of rotatable bonds is 4. The van der Waals surface area contributed by atoms with E-state index in [0.29, 0.717) is 31.8 Å². The third-order valence-electron chi connectivity index (χ3n) is 10.6. The third-order valence-corrected chi connectivity index (χ3v) is 10.6. The average Bonchev–Trinajstić information content (AvgIpc) is 3.28. The van der Waals surface area contributed by atoms with Crippen LogP contribution in [0.3, 0.4) is 0 Å². The minimum absolute atomic E-state index is 0.0345. The van der Waals surface area contributed by atoms with Crippen molar-refractivity contribution in [1.29, 1.82) is 0 Å². The van der Waals surface area contributed by atoms with E-state index >= 15 is 0 Å². The van der Waals surface area contributed by atoms with Crippen molar-refractivity contribution in [2.75, 3.05) is 19.6 Å². The highest BCUT2D eigenvalue weighted by molar-refractivity contribution is 5.76.